The second-order valence-corrected chi connectivity index (χ2v) is 4.38. The van der Waals surface area contributed by atoms with Gasteiger partial charge in [0.2, 0.25) is 0 Å². The number of ether oxygens (including phenoxy) is 1. The van der Waals surface area contributed by atoms with Crippen LogP contribution in [0.2, 0.25) is 0 Å². The van der Waals surface area contributed by atoms with Crippen LogP contribution in [0.5, 0.6) is 0 Å². The molecule has 3 heteroatoms. The molecule has 0 aromatic carbocycles. The summed E-state index contributed by atoms with van der Waals surface area (Å²) in [5.74, 6) is -0.757. The molecule has 1 rings (SSSR count). The fourth-order valence-corrected chi connectivity index (χ4v) is 0.739. The number of carboxylic acid groups (broad SMARTS) is 1. The third-order valence-corrected chi connectivity index (χ3v) is 1.80. The number of aliphatic carboxylic acids is 1. The zero-order valence-corrected chi connectivity index (χ0v) is 8.96. The lowest BCUT2D eigenvalue weighted by Gasteiger charge is -2.08. The molecule has 1 unspecified atom stereocenters. The molecule has 0 radical (unpaired) electrons. The zero-order chi connectivity index (χ0) is 10.5. The van der Waals surface area contributed by atoms with Crippen molar-refractivity contribution in [3.8, 4) is 0 Å². The summed E-state index contributed by atoms with van der Waals surface area (Å²) >= 11 is 0. The van der Waals surface area contributed by atoms with E-state index >= 15 is 0 Å². The molecule has 78 valence electrons. The first-order chi connectivity index (χ1) is 5.84. The van der Waals surface area contributed by atoms with Gasteiger partial charge in [-0.05, 0) is 40.5 Å². The Balaban J connectivity index is 0.000000223. The van der Waals surface area contributed by atoms with E-state index in [-0.39, 0.29) is 0 Å². The molecule has 0 aliphatic carbocycles. The van der Waals surface area contributed by atoms with E-state index in [1.54, 1.807) is 20.8 Å². The Hall–Kier alpha value is -0.570. The highest BCUT2D eigenvalue weighted by molar-refractivity contribution is 5.72. The Morgan fingerprint density at radius 2 is 1.92 bits per heavy atom. The average molecular weight is 188 g/mol. The van der Waals surface area contributed by atoms with Crippen molar-refractivity contribution in [2.45, 2.75) is 46.6 Å². The van der Waals surface area contributed by atoms with Gasteiger partial charge in [0.25, 0.3) is 0 Å². The average Bonchev–Trinajstić information content (AvgIpc) is 2.38. The van der Waals surface area contributed by atoms with Gasteiger partial charge in [-0.15, -0.1) is 0 Å². The third-order valence-electron chi connectivity index (χ3n) is 1.80. The number of carboxylic acids is 1. The van der Waals surface area contributed by atoms with E-state index in [4.69, 9.17) is 9.84 Å². The molecule has 0 aromatic rings. The minimum atomic E-state index is -0.757. The smallest absolute Gasteiger partial charge is 0.308 e. The van der Waals surface area contributed by atoms with Gasteiger partial charge in [0, 0.05) is 6.61 Å². The molecule has 1 saturated heterocycles. The predicted molar refractivity (Wildman–Crippen MR) is 51.7 cm³/mol. The molecule has 1 N–H and O–H groups in total. The van der Waals surface area contributed by atoms with Gasteiger partial charge >= 0.3 is 5.97 Å². The molecule has 1 fully saturated rings. The lowest BCUT2D eigenvalue weighted by atomic mass is 9.98. The summed E-state index contributed by atoms with van der Waals surface area (Å²) in [5, 5.41) is 8.25. The van der Waals surface area contributed by atoms with Gasteiger partial charge in [0.1, 0.15) is 0 Å². The third kappa shape index (κ3) is 6.58. The molecule has 0 saturated carbocycles. The van der Waals surface area contributed by atoms with Crippen molar-refractivity contribution >= 4 is 5.97 Å². The molecule has 0 amide bonds. The van der Waals surface area contributed by atoms with Crippen LogP contribution in [0.4, 0.5) is 0 Å². The summed E-state index contributed by atoms with van der Waals surface area (Å²) in [5.41, 5.74) is -0.583. The van der Waals surface area contributed by atoms with Crippen LogP contribution in [0.15, 0.2) is 0 Å². The maximum Gasteiger partial charge on any atom is 0.308 e. The Morgan fingerprint density at radius 1 is 1.46 bits per heavy atom. The van der Waals surface area contributed by atoms with E-state index in [2.05, 4.69) is 6.92 Å². The molecule has 3 nitrogen and oxygen atoms in total. The van der Waals surface area contributed by atoms with Crippen LogP contribution >= 0.6 is 0 Å². The summed E-state index contributed by atoms with van der Waals surface area (Å²) < 4.78 is 5.15. The zero-order valence-electron chi connectivity index (χ0n) is 8.96. The first-order valence-corrected chi connectivity index (χ1v) is 4.69. The number of hydrogen-bond donors (Lipinski definition) is 1. The molecule has 1 aliphatic heterocycles. The molecule has 0 bridgehead atoms. The van der Waals surface area contributed by atoms with Crippen LogP contribution in [-0.4, -0.2) is 23.8 Å². The SMILES string of the molecule is CC(C)(C)C(=O)O.CC1CCCO1. The quantitative estimate of drug-likeness (QED) is 0.634. The minimum absolute atomic E-state index is 0.546. The van der Waals surface area contributed by atoms with Gasteiger partial charge in [-0.1, -0.05) is 0 Å². The van der Waals surface area contributed by atoms with Crippen molar-refractivity contribution in [2.75, 3.05) is 6.61 Å². The Bertz CT molecular complexity index is 152. The van der Waals surface area contributed by atoms with Crippen molar-refractivity contribution in [2.24, 2.45) is 5.41 Å². The van der Waals surface area contributed by atoms with Gasteiger partial charge < -0.3 is 9.84 Å². The summed E-state index contributed by atoms with van der Waals surface area (Å²) in [6.45, 7) is 8.09. The van der Waals surface area contributed by atoms with Crippen LogP contribution in [0.25, 0.3) is 0 Å². The normalized spacial score (nSPS) is 22.0. The highest BCUT2D eigenvalue weighted by atomic mass is 16.5. The Kier molecular flexibility index (Phi) is 4.99. The Labute approximate surface area is 80.1 Å². The van der Waals surface area contributed by atoms with E-state index in [1.807, 2.05) is 0 Å². The Morgan fingerprint density at radius 3 is 2.00 bits per heavy atom. The van der Waals surface area contributed by atoms with E-state index in [0.717, 1.165) is 6.61 Å². The second-order valence-electron chi connectivity index (χ2n) is 4.38. The maximum atomic E-state index is 10.0. The molecule has 13 heavy (non-hydrogen) atoms. The molecule has 1 heterocycles. The maximum absolute atomic E-state index is 10.0. The highest BCUT2D eigenvalue weighted by Gasteiger charge is 2.18. The van der Waals surface area contributed by atoms with Crippen LogP contribution in [0.1, 0.15) is 40.5 Å². The van der Waals surface area contributed by atoms with Crippen LogP contribution in [0.3, 0.4) is 0 Å². The lowest BCUT2D eigenvalue weighted by molar-refractivity contribution is -0.145. The van der Waals surface area contributed by atoms with Gasteiger partial charge in [-0.25, -0.2) is 0 Å². The summed E-state index contributed by atoms with van der Waals surface area (Å²) in [6.07, 6.45) is 3.08. The second kappa shape index (κ2) is 5.22. The van der Waals surface area contributed by atoms with Crippen molar-refractivity contribution < 1.29 is 14.6 Å². The van der Waals surface area contributed by atoms with Crippen molar-refractivity contribution in [1.82, 2.24) is 0 Å². The standard InChI is InChI=1S/C5H10O2.C5H10O/c1-5(2,3)4(6)7;1-5-3-2-4-6-5/h1-3H3,(H,6,7);5H,2-4H2,1H3. The van der Waals surface area contributed by atoms with E-state index in [0.29, 0.717) is 6.10 Å². The van der Waals surface area contributed by atoms with Crippen molar-refractivity contribution in [3.63, 3.8) is 0 Å². The molecule has 0 aromatic heterocycles. The van der Waals surface area contributed by atoms with Crippen LogP contribution < -0.4 is 0 Å². The van der Waals surface area contributed by atoms with Crippen molar-refractivity contribution in [3.05, 3.63) is 0 Å². The lowest BCUT2D eigenvalue weighted by Crippen LogP contribution is -2.18. The monoisotopic (exact) mass is 188 g/mol. The van der Waals surface area contributed by atoms with Crippen LogP contribution in [0, 0.1) is 5.41 Å². The minimum Gasteiger partial charge on any atom is -0.481 e. The van der Waals surface area contributed by atoms with Gasteiger partial charge in [-0.3, -0.25) is 4.79 Å². The van der Waals surface area contributed by atoms with Crippen LogP contribution in [-0.2, 0) is 9.53 Å². The molecular weight excluding hydrogens is 168 g/mol. The molecular formula is C10H20O3. The topological polar surface area (TPSA) is 46.5 Å². The first kappa shape index (κ1) is 12.4. The fourth-order valence-electron chi connectivity index (χ4n) is 0.739. The fraction of sp³-hybridized carbons (Fsp3) is 0.900. The van der Waals surface area contributed by atoms with Gasteiger partial charge in [0.15, 0.2) is 0 Å². The van der Waals surface area contributed by atoms with E-state index in [9.17, 15) is 4.79 Å². The summed E-state index contributed by atoms with van der Waals surface area (Å²) in [6, 6.07) is 0. The van der Waals surface area contributed by atoms with E-state index < -0.39 is 11.4 Å². The largest absolute Gasteiger partial charge is 0.481 e. The number of carbonyl (C=O) groups is 1. The first-order valence-electron chi connectivity index (χ1n) is 4.69. The van der Waals surface area contributed by atoms with Gasteiger partial charge in [-0.2, -0.15) is 0 Å². The molecule has 0 spiro atoms. The number of hydrogen-bond acceptors (Lipinski definition) is 2. The predicted octanol–water partition coefficient (Wildman–Crippen LogP) is 2.30. The number of rotatable bonds is 0. The van der Waals surface area contributed by atoms with Gasteiger partial charge in [0.05, 0.1) is 11.5 Å². The summed E-state index contributed by atoms with van der Waals surface area (Å²) in [4.78, 5) is 10.0. The summed E-state index contributed by atoms with van der Waals surface area (Å²) in [7, 11) is 0. The molecule has 1 aliphatic rings. The molecule has 1 atom stereocenters. The van der Waals surface area contributed by atoms with E-state index in [1.165, 1.54) is 12.8 Å². The van der Waals surface area contributed by atoms with Crippen molar-refractivity contribution in [1.29, 1.82) is 0 Å². The highest BCUT2D eigenvalue weighted by Crippen LogP contribution is 2.11.